The van der Waals surface area contributed by atoms with Gasteiger partial charge in [0.15, 0.2) is 0 Å². The van der Waals surface area contributed by atoms with E-state index in [-0.39, 0.29) is 0 Å². The molecule has 0 fully saturated rings. The van der Waals surface area contributed by atoms with Crippen molar-refractivity contribution < 1.29 is 0 Å². The third-order valence-electron chi connectivity index (χ3n) is 12.7. The molecule has 0 aliphatic carbocycles. The minimum absolute atomic E-state index is 1.29. The van der Waals surface area contributed by atoms with Crippen LogP contribution in [0.3, 0.4) is 0 Å². The maximum absolute atomic E-state index is 2.54. The summed E-state index contributed by atoms with van der Waals surface area (Å²) in [4.78, 5) is 0. The van der Waals surface area contributed by atoms with Crippen LogP contribution < -0.4 is 0 Å². The number of benzene rings is 9. The van der Waals surface area contributed by atoms with Crippen molar-refractivity contribution in [1.82, 2.24) is 0 Å². The molecule has 256 valence electrons. The Kier molecular flexibility index (Phi) is 6.46. The molecule has 0 heteroatoms. The molecule has 0 bridgehead atoms. The molecule has 0 aromatic heterocycles. The molecule has 0 radical (unpaired) electrons. The second-order valence-electron chi connectivity index (χ2n) is 15.9. The van der Waals surface area contributed by atoms with E-state index in [0.29, 0.717) is 0 Å². The largest absolute Gasteiger partial charge is 0.0617 e. The molecule has 54 heavy (non-hydrogen) atoms. The van der Waals surface area contributed by atoms with Gasteiger partial charge in [0, 0.05) is 0 Å². The quantitative estimate of drug-likeness (QED) is 0.162. The molecule has 0 nitrogen and oxygen atoms in total. The zero-order valence-electron chi connectivity index (χ0n) is 31.7. The molecular weight excluding hydrogens is 649 g/mol. The molecular formula is C54H40. The highest BCUT2D eigenvalue weighted by Gasteiger charge is 2.23. The zero-order valence-corrected chi connectivity index (χ0v) is 31.7. The highest BCUT2D eigenvalue weighted by molar-refractivity contribution is 6.41. The number of hydrogen-bond acceptors (Lipinski definition) is 0. The van der Waals surface area contributed by atoms with Gasteiger partial charge in [-0.3, -0.25) is 0 Å². The molecule has 0 aliphatic rings. The van der Waals surface area contributed by atoms with Crippen molar-refractivity contribution in [2.45, 2.75) is 41.5 Å². The normalized spacial score (nSPS) is 12.3. The average Bonchev–Trinajstić information content (AvgIpc) is 3.65. The zero-order chi connectivity index (χ0) is 36.6. The van der Waals surface area contributed by atoms with Crippen LogP contribution >= 0.6 is 0 Å². The summed E-state index contributed by atoms with van der Waals surface area (Å²) in [5.74, 6) is 0. The molecule has 0 N–H and O–H groups in total. The molecule has 0 atom stereocenters. The van der Waals surface area contributed by atoms with Crippen molar-refractivity contribution in [3.8, 4) is 33.4 Å². The van der Waals surface area contributed by atoms with E-state index >= 15 is 0 Å². The first-order chi connectivity index (χ1) is 26.3. The van der Waals surface area contributed by atoms with Crippen LogP contribution in [0.2, 0.25) is 0 Å². The van der Waals surface area contributed by atoms with Gasteiger partial charge in [0.1, 0.15) is 0 Å². The Morgan fingerprint density at radius 2 is 0.519 bits per heavy atom. The van der Waals surface area contributed by atoms with Gasteiger partial charge in [-0.2, -0.15) is 0 Å². The third-order valence-corrected chi connectivity index (χ3v) is 12.7. The summed E-state index contributed by atoms with van der Waals surface area (Å²) in [6.45, 7) is 13.5. The first-order valence-corrected chi connectivity index (χ1v) is 19.3. The summed E-state index contributed by atoms with van der Waals surface area (Å²) in [5, 5.41) is 18.8. The first-order valence-electron chi connectivity index (χ1n) is 19.3. The molecule has 0 spiro atoms. The van der Waals surface area contributed by atoms with Crippen molar-refractivity contribution in [3.05, 3.63) is 167 Å². The molecule has 11 rings (SSSR count). The topological polar surface area (TPSA) is 0 Å². The van der Waals surface area contributed by atoms with Crippen LogP contribution in [-0.2, 0) is 0 Å². The maximum atomic E-state index is 2.54. The van der Waals surface area contributed by atoms with Gasteiger partial charge < -0.3 is 0 Å². The van der Waals surface area contributed by atoms with Crippen LogP contribution in [0, 0.1) is 41.5 Å². The van der Waals surface area contributed by atoms with Crippen molar-refractivity contribution in [2.75, 3.05) is 0 Å². The number of aryl methyl sites for hydroxylation is 6. The predicted molar refractivity (Wildman–Crippen MR) is 236 cm³/mol. The van der Waals surface area contributed by atoms with Gasteiger partial charge in [0.25, 0.3) is 0 Å². The lowest BCUT2D eigenvalue weighted by molar-refractivity contribution is 1.38. The molecule has 11 aromatic rings. The van der Waals surface area contributed by atoms with Gasteiger partial charge in [0.05, 0.1) is 0 Å². The van der Waals surface area contributed by atoms with Gasteiger partial charge >= 0.3 is 0 Å². The minimum atomic E-state index is 1.29. The van der Waals surface area contributed by atoms with Crippen LogP contribution in [0.25, 0.3) is 109 Å². The lowest BCUT2D eigenvalue weighted by atomic mass is 9.88. The fourth-order valence-corrected chi connectivity index (χ4v) is 10.4. The van der Waals surface area contributed by atoms with Gasteiger partial charge in [-0.05, 0) is 226 Å². The fourth-order valence-electron chi connectivity index (χ4n) is 10.4. The second-order valence-corrected chi connectivity index (χ2v) is 15.9. The predicted octanol–water partition coefficient (Wildman–Crippen LogP) is 15.5. The SMILES string of the molecule is Cc1cccc(C)c1-c1ccc2c(c1)c1cc3c(cc4c5ccccc5c5cc(-c6c(C)cccc6C)cc3c54)c3cc(-c4c(C)cccc4C)cc2c31. The van der Waals surface area contributed by atoms with Crippen LogP contribution in [0.4, 0.5) is 0 Å². The summed E-state index contributed by atoms with van der Waals surface area (Å²) in [5.41, 5.74) is 15.8. The van der Waals surface area contributed by atoms with E-state index in [1.54, 1.807) is 0 Å². The summed E-state index contributed by atoms with van der Waals surface area (Å²) >= 11 is 0. The summed E-state index contributed by atoms with van der Waals surface area (Å²) < 4.78 is 0. The number of hydrogen-bond donors (Lipinski definition) is 0. The van der Waals surface area contributed by atoms with Gasteiger partial charge in [-0.15, -0.1) is 0 Å². The van der Waals surface area contributed by atoms with Gasteiger partial charge in [-0.25, -0.2) is 0 Å². The van der Waals surface area contributed by atoms with E-state index in [0.717, 1.165) is 0 Å². The Morgan fingerprint density at radius 3 is 0.944 bits per heavy atom. The van der Waals surface area contributed by atoms with Crippen molar-refractivity contribution in [2.24, 2.45) is 0 Å². The van der Waals surface area contributed by atoms with Crippen molar-refractivity contribution in [1.29, 1.82) is 0 Å². The summed E-state index contributed by atoms with van der Waals surface area (Å²) in [6.07, 6.45) is 0. The van der Waals surface area contributed by atoms with Crippen LogP contribution in [0.15, 0.2) is 133 Å². The molecule has 0 amide bonds. The number of fused-ring (bicyclic) bond motifs is 9. The minimum Gasteiger partial charge on any atom is -0.0617 e. The monoisotopic (exact) mass is 688 g/mol. The summed E-state index contributed by atoms with van der Waals surface area (Å²) in [7, 11) is 0. The lowest BCUT2D eigenvalue weighted by Crippen LogP contribution is -1.90. The van der Waals surface area contributed by atoms with Gasteiger partial charge in [-0.1, -0.05) is 91.0 Å². The third kappa shape index (κ3) is 4.20. The molecule has 0 saturated carbocycles. The fraction of sp³-hybridized carbons (Fsp3) is 0.111. The summed E-state index contributed by atoms with van der Waals surface area (Å²) in [6, 6.07) is 51.3. The van der Waals surface area contributed by atoms with E-state index in [4.69, 9.17) is 0 Å². The molecule has 11 aromatic carbocycles. The van der Waals surface area contributed by atoms with Crippen LogP contribution in [0.5, 0.6) is 0 Å². The highest BCUT2D eigenvalue weighted by atomic mass is 14.3. The van der Waals surface area contributed by atoms with Crippen LogP contribution in [0.1, 0.15) is 33.4 Å². The highest BCUT2D eigenvalue weighted by Crippen LogP contribution is 2.50. The Hall–Kier alpha value is -6.24. The molecule has 0 aliphatic heterocycles. The Labute approximate surface area is 316 Å². The van der Waals surface area contributed by atoms with Gasteiger partial charge in [0.2, 0.25) is 0 Å². The Balaban J connectivity index is 1.37. The Morgan fingerprint density at radius 1 is 0.222 bits per heavy atom. The standard InChI is InChI=1S/C54H40/c1-29-12-9-13-30(2)50(29)35-20-21-40-41(22-35)49-28-43-42(47-26-37(24-45(40)54(47)49)52-33(5)16-11-17-34(52)6)27-48-39-19-8-7-18-38(39)44-23-36(25-46(43)53(44)48)51-31(3)14-10-15-32(51)4/h7-28H,1-6H3. The average molecular weight is 689 g/mol. The lowest BCUT2D eigenvalue weighted by Gasteiger charge is -2.16. The van der Waals surface area contributed by atoms with Crippen molar-refractivity contribution in [3.63, 3.8) is 0 Å². The first kappa shape index (κ1) is 31.3. The van der Waals surface area contributed by atoms with E-state index < -0.39 is 0 Å². The number of rotatable bonds is 3. The van der Waals surface area contributed by atoms with E-state index in [2.05, 4.69) is 175 Å². The maximum Gasteiger partial charge on any atom is -0.00195 e. The van der Waals surface area contributed by atoms with E-state index in [9.17, 15) is 0 Å². The molecule has 0 heterocycles. The second kappa shape index (κ2) is 11.1. The van der Waals surface area contributed by atoms with E-state index in [1.165, 1.54) is 142 Å². The van der Waals surface area contributed by atoms with Crippen molar-refractivity contribution >= 4 is 75.4 Å². The molecule has 0 saturated heterocycles. The van der Waals surface area contributed by atoms with Crippen LogP contribution in [-0.4, -0.2) is 0 Å². The molecule has 0 unspecified atom stereocenters. The van der Waals surface area contributed by atoms with E-state index in [1.807, 2.05) is 0 Å². The smallest absolute Gasteiger partial charge is 0.00195 e. The Bertz CT molecular complexity index is 3310.